The minimum absolute atomic E-state index is 0. The van der Waals surface area contributed by atoms with Crippen LogP contribution in [0.5, 0.6) is 0 Å². The monoisotopic (exact) mass is 420 g/mol. The van der Waals surface area contributed by atoms with Gasteiger partial charge in [0.1, 0.15) is 11.4 Å². The van der Waals surface area contributed by atoms with E-state index in [9.17, 15) is 4.79 Å². The van der Waals surface area contributed by atoms with Crippen molar-refractivity contribution in [3.63, 3.8) is 0 Å². The van der Waals surface area contributed by atoms with E-state index in [0.29, 0.717) is 17.9 Å². The third-order valence-electron chi connectivity index (χ3n) is 5.59. The summed E-state index contributed by atoms with van der Waals surface area (Å²) >= 11 is 6.18. The smallest absolute Gasteiger partial charge is 0.267 e. The van der Waals surface area contributed by atoms with E-state index in [2.05, 4.69) is 26.6 Å². The Hall–Kier alpha value is -2.22. The van der Waals surface area contributed by atoms with Crippen molar-refractivity contribution in [3.8, 4) is 11.4 Å². The topological polar surface area (TPSA) is 102 Å². The van der Waals surface area contributed by atoms with E-state index in [1.54, 1.807) is 23.0 Å². The van der Waals surface area contributed by atoms with Crippen molar-refractivity contribution in [2.45, 2.75) is 37.1 Å². The summed E-state index contributed by atoms with van der Waals surface area (Å²) < 4.78 is 1.59. The molecule has 0 spiro atoms. The molecule has 0 amide bonds. The van der Waals surface area contributed by atoms with Crippen LogP contribution in [-0.4, -0.2) is 31.7 Å². The molecule has 9 heteroatoms. The quantitative estimate of drug-likeness (QED) is 0.674. The normalized spacial score (nSPS) is 21.9. The van der Waals surface area contributed by atoms with Crippen LogP contribution in [-0.2, 0) is 5.41 Å². The van der Waals surface area contributed by atoms with Crippen LogP contribution < -0.4 is 11.3 Å². The number of hydrogen-bond acceptors (Lipinski definition) is 5. The van der Waals surface area contributed by atoms with E-state index >= 15 is 0 Å². The van der Waals surface area contributed by atoms with Gasteiger partial charge in [0, 0.05) is 23.0 Å². The van der Waals surface area contributed by atoms with E-state index in [0.717, 1.165) is 30.7 Å². The number of benzene rings is 1. The summed E-state index contributed by atoms with van der Waals surface area (Å²) in [5.41, 5.74) is 8.40. The van der Waals surface area contributed by atoms with Crippen LogP contribution in [0.4, 0.5) is 0 Å². The molecule has 4 rings (SSSR count). The fourth-order valence-electron chi connectivity index (χ4n) is 3.98. The maximum absolute atomic E-state index is 12.4. The van der Waals surface area contributed by atoms with Crippen molar-refractivity contribution < 1.29 is 0 Å². The van der Waals surface area contributed by atoms with Crippen molar-refractivity contribution in [2.24, 2.45) is 5.73 Å². The van der Waals surface area contributed by atoms with Gasteiger partial charge in [0.15, 0.2) is 0 Å². The number of H-pyrrole nitrogens is 1. The summed E-state index contributed by atoms with van der Waals surface area (Å²) in [6.07, 6.45) is 5.03. The number of halogens is 2. The van der Waals surface area contributed by atoms with Crippen LogP contribution in [0.25, 0.3) is 11.4 Å². The molecule has 0 unspecified atom stereocenters. The van der Waals surface area contributed by atoms with Crippen LogP contribution in [0.1, 0.15) is 37.3 Å². The van der Waals surface area contributed by atoms with Gasteiger partial charge in [0.25, 0.3) is 5.56 Å². The third kappa shape index (κ3) is 3.83. The molecule has 0 bridgehead atoms. The fourth-order valence-corrected chi connectivity index (χ4v) is 4.17. The highest BCUT2D eigenvalue weighted by atomic mass is 35.5. The van der Waals surface area contributed by atoms with E-state index in [1.807, 2.05) is 18.2 Å². The lowest BCUT2D eigenvalue weighted by atomic mass is 9.68. The summed E-state index contributed by atoms with van der Waals surface area (Å²) in [5, 5.41) is 15.7. The van der Waals surface area contributed by atoms with Crippen molar-refractivity contribution in [1.82, 2.24) is 25.2 Å². The first-order chi connectivity index (χ1) is 13.1. The van der Waals surface area contributed by atoms with Crippen LogP contribution in [0.15, 0.2) is 47.4 Å². The molecule has 0 aliphatic heterocycles. The number of nitrogens with zero attached hydrogens (tertiary/aromatic N) is 4. The lowest BCUT2D eigenvalue weighted by Gasteiger charge is -2.40. The molecule has 0 saturated heterocycles. The molecule has 7 nitrogen and oxygen atoms in total. The summed E-state index contributed by atoms with van der Waals surface area (Å²) in [4.78, 5) is 12.4. The molecule has 0 radical (unpaired) electrons. The molecule has 148 valence electrons. The van der Waals surface area contributed by atoms with Gasteiger partial charge < -0.3 is 5.73 Å². The molecule has 1 aliphatic rings. The highest BCUT2D eigenvalue weighted by molar-refractivity contribution is 6.30. The van der Waals surface area contributed by atoms with Gasteiger partial charge in [-0.25, -0.2) is 4.68 Å². The summed E-state index contributed by atoms with van der Waals surface area (Å²) in [5.74, 6) is 0. The van der Waals surface area contributed by atoms with Crippen molar-refractivity contribution in [2.75, 3.05) is 6.54 Å². The van der Waals surface area contributed by atoms with Crippen LogP contribution in [0.3, 0.4) is 0 Å². The van der Waals surface area contributed by atoms with Crippen molar-refractivity contribution in [3.05, 3.63) is 63.5 Å². The van der Waals surface area contributed by atoms with Gasteiger partial charge in [-0.2, -0.15) is 20.5 Å². The first-order valence-electron chi connectivity index (χ1n) is 9.03. The Morgan fingerprint density at radius 1 is 1.21 bits per heavy atom. The van der Waals surface area contributed by atoms with Gasteiger partial charge in [-0.05, 0) is 49.4 Å². The zero-order valence-electron chi connectivity index (χ0n) is 15.2. The number of nitrogens with two attached hydrogens (primary N) is 1. The first kappa shape index (κ1) is 20.5. The standard InChI is InChI=1S/C19H21ClN6O.ClH/c20-14-3-1-2-13(10-14)19(12-21)8-6-15(7-9-19)26-18(27)5-4-16(24-26)17-11-22-25-23-17;/h1-5,10-11,15H,6-9,12,21H2,(H,22,23,25);1H. The molecule has 2 aromatic heterocycles. The Morgan fingerprint density at radius 3 is 2.64 bits per heavy atom. The Balaban J connectivity index is 0.00000225. The van der Waals surface area contributed by atoms with Crippen molar-refractivity contribution >= 4 is 24.0 Å². The Labute approximate surface area is 173 Å². The van der Waals surface area contributed by atoms with Crippen LogP contribution in [0, 0.1) is 0 Å². The second kappa shape index (κ2) is 8.43. The average Bonchev–Trinajstić information content (AvgIpc) is 3.23. The second-order valence-corrected chi connectivity index (χ2v) is 7.52. The second-order valence-electron chi connectivity index (χ2n) is 7.08. The van der Waals surface area contributed by atoms with Crippen LogP contribution in [0.2, 0.25) is 5.02 Å². The summed E-state index contributed by atoms with van der Waals surface area (Å²) in [7, 11) is 0. The number of rotatable bonds is 4. The van der Waals surface area contributed by atoms with Crippen molar-refractivity contribution in [1.29, 1.82) is 0 Å². The summed E-state index contributed by atoms with van der Waals surface area (Å²) in [6.45, 7) is 0.557. The Kier molecular flexibility index (Phi) is 6.17. The zero-order valence-corrected chi connectivity index (χ0v) is 16.8. The maximum atomic E-state index is 12.4. The molecule has 1 aromatic carbocycles. The predicted molar refractivity (Wildman–Crippen MR) is 111 cm³/mol. The van der Waals surface area contributed by atoms with Gasteiger partial charge in [-0.3, -0.25) is 4.79 Å². The molecule has 28 heavy (non-hydrogen) atoms. The van der Waals surface area contributed by atoms with Gasteiger partial charge >= 0.3 is 0 Å². The van der Waals surface area contributed by atoms with Gasteiger partial charge in [0.2, 0.25) is 0 Å². The Bertz CT molecular complexity index is 980. The average molecular weight is 421 g/mol. The molecule has 2 heterocycles. The van der Waals surface area contributed by atoms with E-state index in [1.165, 1.54) is 5.56 Å². The molecule has 3 N–H and O–H groups in total. The van der Waals surface area contributed by atoms with Crippen LogP contribution >= 0.6 is 24.0 Å². The maximum Gasteiger partial charge on any atom is 0.267 e. The fraction of sp³-hybridized carbons (Fsp3) is 0.368. The first-order valence-corrected chi connectivity index (χ1v) is 9.41. The molecule has 1 aliphatic carbocycles. The molecule has 1 saturated carbocycles. The predicted octanol–water partition coefficient (Wildman–Crippen LogP) is 3.12. The lowest BCUT2D eigenvalue weighted by Crippen LogP contribution is -2.41. The van der Waals surface area contributed by atoms with Gasteiger partial charge in [-0.15, -0.1) is 12.4 Å². The largest absolute Gasteiger partial charge is 0.330 e. The molecular weight excluding hydrogens is 399 g/mol. The van der Waals surface area contributed by atoms with Gasteiger partial charge in [0.05, 0.1) is 12.2 Å². The SMILES string of the molecule is Cl.NCC1(c2cccc(Cl)c2)CCC(n2nc(-c3cn[nH]n3)ccc2=O)CC1. The zero-order chi connectivity index (χ0) is 18.9. The molecule has 3 aromatic rings. The molecular formula is C19H22Cl2N6O. The highest BCUT2D eigenvalue weighted by Gasteiger charge is 2.37. The number of nitrogens with one attached hydrogen (secondary N) is 1. The van der Waals surface area contributed by atoms with E-state index in [4.69, 9.17) is 17.3 Å². The number of hydrogen-bond donors (Lipinski definition) is 2. The minimum atomic E-state index is -0.102. The third-order valence-corrected chi connectivity index (χ3v) is 5.82. The van der Waals surface area contributed by atoms with E-state index in [-0.39, 0.29) is 29.4 Å². The van der Waals surface area contributed by atoms with E-state index < -0.39 is 0 Å². The van der Waals surface area contributed by atoms with Gasteiger partial charge in [-0.1, -0.05) is 23.7 Å². The minimum Gasteiger partial charge on any atom is -0.330 e. The number of aromatic amines is 1. The molecule has 1 fully saturated rings. The molecule has 0 atom stereocenters. The number of aromatic nitrogens is 5. The summed E-state index contributed by atoms with van der Waals surface area (Å²) in [6, 6.07) is 11.2. The Morgan fingerprint density at radius 2 is 2.00 bits per heavy atom. The lowest BCUT2D eigenvalue weighted by molar-refractivity contribution is 0.222. The highest BCUT2D eigenvalue weighted by Crippen LogP contribution is 2.42.